The Balaban J connectivity index is 2.19. The maximum absolute atomic E-state index is 14.0. The van der Waals surface area contributed by atoms with Gasteiger partial charge in [0.25, 0.3) is 5.76 Å². The van der Waals surface area contributed by atoms with Gasteiger partial charge in [-0.3, -0.25) is 4.79 Å². The number of unbranched alkanes of at least 4 members (excludes halogenated alkanes) is 1. The fourth-order valence-corrected chi connectivity index (χ4v) is 3.52. The number of halogens is 3. The molecule has 0 aliphatic heterocycles. The number of ether oxygens (including phenoxy) is 2. The van der Waals surface area contributed by atoms with E-state index in [0.717, 1.165) is 24.3 Å². The van der Waals surface area contributed by atoms with Gasteiger partial charge >= 0.3 is 6.18 Å². The molecule has 0 radical (unpaired) electrons. The fourth-order valence-electron chi connectivity index (χ4n) is 3.52. The van der Waals surface area contributed by atoms with Crippen LogP contribution in [0.25, 0.3) is 11.0 Å². The lowest BCUT2D eigenvalue weighted by molar-refractivity contribution is -0.893. The second-order valence-electron chi connectivity index (χ2n) is 7.75. The molecule has 9 heteroatoms. The highest BCUT2D eigenvalue weighted by Gasteiger charge is 2.41. The lowest BCUT2D eigenvalue weighted by atomic mass is 10.1. The third-order valence-electron chi connectivity index (χ3n) is 5.15. The van der Waals surface area contributed by atoms with Crippen molar-refractivity contribution in [1.82, 2.24) is 0 Å². The zero-order chi connectivity index (χ0) is 24.2. The number of nitrogens with one attached hydrogen (secondary N) is 1. The Kier molecular flexibility index (Phi) is 7.53. The van der Waals surface area contributed by atoms with Gasteiger partial charge in [-0.05, 0) is 37.6 Å². The molecule has 0 amide bonds. The first kappa shape index (κ1) is 24.4. The molecule has 0 saturated carbocycles. The molecular formula is C24H27F3NO5+. The van der Waals surface area contributed by atoms with Gasteiger partial charge in [-0.15, -0.1) is 0 Å². The average molecular weight is 466 g/mol. The number of para-hydroxylation sites is 2. The van der Waals surface area contributed by atoms with Gasteiger partial charge in [0.05, 0.1) is 31.1 Å². The molecule has 0 saturated heterocycles. The number of phenolic OH excluding ortho intramolecular Hbond substituents is 1. The van der Waals surface area contributed by atoms with Gasteiger partial charge in [0.15, 0.2) is 17.1 Å². The summed E-state index contributed by atoms with van der Waals surface area (Å²) < 4.78 is 58.0. The van der Waals surface area contributed by atoms with Crippen LogP contribution in [0.4, 0.5) is 13.2 Å². The van der Waals surface area contributed by atoms with E-state index in [4.69, 9.17) is 13.9 Å². The van der Waals surface area contributed by atoms with Crippen LogP contribution in [0.1, 0.15) is 38.0 Å². The Morgan fingerprint density at radius 1 is 1.09 bits per heavy atom. The summed E-state index contributed by atoms with van der Waals surface area (Å²) in [7, 11) is 1.86. The fraction of sp³-hybridized carbons (Fsp3) is 0.375. The molecular weight excluding hydrogens is 439 g/mol. The van der Waals surface area contributed by atoms with Crippen LogP contribution in [-0.4, -0.2) is 25.3 Å². The first-order valence-electron chi connectivity index (χ1n) is 10.8. The third kappa shape index (κ3) is 5.42. The zero-order valence-corrected chi connectivity index (χ0v) is 18.7. The number of alkyl halides is 3. The van der Waals surface area contributed by atoms with Crippen LogP contribution in [0.5, 0.6) is 23.0 Å². The molecule has 0 aliphatic carbocycles. The number of rotatable bonds is 9. The monoisotopic (exact) mass is 466 g/mol. The van der Waals surface area contributed by atoms with E-state index in [9.17, 15) is 23.1 Å². The average Bonchev–Trinajstić information content (AvgIpc) is 2.76. The third-order valence-corrected chi connectivity index (χ3v) is 5.15. The van der Waals surface area contributed by atoms with Gasteiger partial charge in [0.2, 0.25) is 11.2 Å². The Bertz CT molecular complexity index is 1170. The van der Waals surface area contributed by atoms with Crippen LogP contribution >= 0.6 is 0 Å². The zero-order valence-electron chi connectivity index (χ0n) is 18.7. The van der Waals surface area contributed by atoms with Crippen molar-refractivity contribution in [1.29, 1.82) is 0 Å². The largest absolute Gasteiger partial charge is 0.507 e. The minimum absolute atomic E-state index is 0.0424. The van der Waals surface area contributed by atoms with Crippen LogP contribution in [0.3, 0.4) is 0 Å². The molecule has 2 aromatic carbocycles. The standard InChI is InChI=1S/C24H26F3NO5/c1-4-6-13-28(3)14-16-17(29)12-11-15-20(30)22(23(24(25,26)27)33-21(15)16)32-19-10-8-7-9-18(19)31-5-2/h7-12,29H,4-6,13-14H2,1-3H3/p+1. The second kappa shape index (κ2) is 10.2. The van der Waals surface area contributed by atoms with Crippen molar-refractivity contribution in [3.63, 3.8) is 0 Å². The quantitative estimate of drug-likeness (QED) is 0.485. The van der Waals surface area contributed by atoms with Gasteiger partial charge in [-0.1, -0.05) is 25.5 Å². The van der Waals surface area contributed by atoms with E-state index in [0.29, 0.717) is 0 Å². The van der Waals surface area contributed by atoms with Crippen molar-refractivity contribution in [3.05, 3.63) is 57.9 Å². The molecule has 33 heavy (non-hydrogen) atoms. The van der Waals surface area contributed by atoms with Crippen molar-refractivity contribution >= 4 is 11.0 Å². The van der Waals surface area contributed by atoms with E-state index in [1.165, 1.54) is 24.3 Å². The molecule has 0 bridgehead atoms. The van der Waals surface area contributed by atoms with Crippen LogP contribution in [0, 0.1) is 0 Å². The van der Waals surface area contributed by atoms with E-state index >= 15 is 0 Å². The maximum atomic E-state index is 14.0. The van der Waals surface area contributed by atoms with Crippen LogP contribution < -0.4 is 19.8 Å². The number of fused-ring (bicyclic) bond motifs is 1. The Morgan fingerprint density at radius 2 is 1.79 bits per heavy atom. The smallest absolute Gasteiger partial charge is 0.453 e. The molecule has 1 atom stereocenters. The van der Waals surface area contributed by atoms with E-state index in [-0.39, 0.29) is 46.9 Å². The van der Waals surface area contributed by atoms with Crippen LogP contribution in [0.2, 0.25) is 0 Å². The molecule has 0 spiro atoms. The highest BCUT2D eigenvalue weighted by molar-refractivity contribution is 5.83. The lowest BCUT2D eigenvalue weighted by Crippen LogP contribution is -3.07. The normalized spacial score (nSPS) is 12.7. The number of hydrogen-bond acceptors (Lipinski definition) is 5. The maximum Gasteiger partial charge on any atom is 0.453 e. The van der Waals surface area contributed by atoms with Gasteiger partial charge in [0, 0.05) is 0 Å². The first-order chi connectivity index (χ1) is 15.7. The molecule has 178 valence electrons. The summed E-state index contributed by atoms with van der Waals surface area (Å²) in [6, 6.07) is 8.65. The summed E-state index contributed by atoms with van der Waals surface area (Å²) >= 11 is 0. The molecule has 3 rings (SSSR count). The minimum Gasteiger partial charge on any atom is -0.507 e. The van der Waals surface area contributed by atoms with Crippen LogP contribution in [0.15, 0.2) is 45.6 Å². The van der Waals surface area contributed by atoms with Gasteiger partial charge in [0.1, 0.15) is 12.3 Å². The number of benzene rings is 2. The van der Waals surface area contributed by atoms with Crippen molar-refractivity contribution in [2.75, 3.05) is 20.2 Å². The highest BCUT2D eigenvalue weighted by Crippen LogP contribution is 2.41. The number of hydrogen-bond donors (Lipinski definition) is 2. The predicted octanol–water partition coefficient (Wildman–Crippen LogP) is 4.52. The predicted molar refractivity (Wildman–Crippen MR) is 117 cm³/mol. The topological polar surface area (TPSA) is 73.3 Å². The summed E-state index contributed by atoms with van der Waals surface area (Å²) in [5, 5.41) is 10.3. The lowest BCUT2D eigenvalue weighted by Gasteiger charge is -2.18. The number of aromatic hydroxyl groups is 1. The molecule has 2 N–H and O–H groups in total. The second-order valence-corrected chi connectivity index (χ2v) is 7.75. The summed E-state index contributed by atoms with van der Waals surface area (Å²) in [6.45, 7) is 4.95. The van der Waals surface area contributed by atoms with Gasteiger partial charge < -0.3 is 23.9 Å². The molecule has 1 heterocycles. The first-order valence-corrected chi connectivity index (χ1v) is 10.8. The molecule has 1 unspecified atom stereocenters. The minimum atomic E-state index is -5.01. The van der Waals surface area contributed by atoms with E-state index in [1.807, 2.05) is 14.0 Å². The Labute approximate surface area is 189 Å². The SMILES string of the molecule is CCCC[NH+](C)Cc1c(O)ccc2c(=O)c(Oc3ccccc3OCC)c(C(F)(F)F)oc12. The molecule has 0 aliphatic rings. The van der Waals surface area contributed by atoms with E-state index < -0.39 is 23.1 Å². The Hall–Kier alpha value is -3.20. The van der Waals surface area contributed by atoms with Crippen molar-refractivity contribution in [3.8, 4) is 23.0 Å². The number of quaternary nitrogens is 1. The van der Waals surface area contributed by atoms with Gasteiger partial charge in [-0.25, -0.2) is 0 Å². The molecule has 3 aromatic rings. The molecule has 0 fully saturated rings. The summed E-state index contributed by atoms with van der Waals surface area (Å²) in [4.78, 5) is 14.1. The van der Waals surface area contributed by atoms with E-state index in [1.54, 1.807) is 19.1 Å². The van der Waals surface area contributed by atoms with Crippen molar-refractivity contribution < 1.29 is 37.1 Å². The van der Waals surface area contributed by atoms with Gasteiger partial charge in [-0.2, -0.15) is 13.2 Å². The van der Waals surface area contributed by atoms with Crippen molar-refractivity contribution in [2.45, 2.75) is 39.4 Å². The van der Waals surface area contributed by atoms with E-state index in [2.05, 4.69) is 0 Å². The summed E-state index contributed by atoms with van der Waals surface area (Å²) in [5.41, 5.74) is -1.14. The molecule has 1 aromatic heterocycles. The van der Waals surface area contributed by atoms with Crippen molar-refractivity contribution in [2.24, 2.45) is 0 Å². The number of phenols is 1. The highest BCUT2D eigenvalue weighted by atomic mass is 19.4. The van der Waals surface area contributed by atoms with Crippen LogP contribution in [-0.2, 0) is 12.7 Å². The summed E-state index contributed by atoms with van der Waals surface area (Å²) in [5.74, 6) is -2.63. The summed E-state index contributed by atoms with van der Waals surface area (Å²) in [6.07, 6.45) is -3.14. The Morgan fingerprint density at radius 3 is 2.42 bits per heavy atom. The molecule has 6 nitrogen and oxygen atoms in total.